The van der Waals surface area contributed by atoms with Crippen LogP contribution in [0.2, 0.25) is 0 Å². The molecule has 0 aromatic carbocycles. The van der Waals surface area contributed by atoms with Gasteiger partial charge in [-0.25, -0.2) is 0 Å². The second-order valence-corrected chi connectivity index (χ2v) is 4.43. The van der Waals surface area contributed by atoms with Gasteiger partial charge in [0.1, 0.15) is 0 Å². The van der Waals surface area contributed by atoms with Crippen LogP contribution in [-0.4, -0.2) is 46.7 Å². The molecule has 0 aliphatic carbocycles. The molecule has 2 heterocycles. The zero-order valence-corrected chi connectivity index (χ0v) is 10.1. The Balaban J connectivity index is 1.93. The number of carbonyl (C=O) groups is 1. The minimum Gasteiger partial charge on any atom is -0.353 e. The molecule has 1 atom stereocenters. The maximum absolute atomic E-state index is 13.0. The van der Waals surface area contributed by atoms with E-state index in [9.17, 15) is 18.0 Å². The summed E-state index contributed by atoms with van der Waals surface area (Å²) in [6, 6.07) is 0. The number of nitrogens with zero attached hydrogens (tertiary/aromatic N) is 3. The Morgan fingerprint density at radius 1 is 1.53 bits per heavy atom. The fraction of sp³-hybridized carbons (Fsp3) is 0.700. The molecule has 1 amide bonds. The van der Waals surface area contributed by atoms with Crippen LogP contribution in [0, 0.1) is 5.41 Å². The Labute approximate surface area is 107 Å². The van der Waals surface area contributed by atoms with Gasteiger partial charge in [0.15, 0.2) is 5.41 Å². The monoisotopic (exact) mass is 277 g/mol. The van der Waals surface area contributed by atoms with E-state index in [1.54, 1.807) is 6.20 Å². The molecule has 9 heteroatoms. The van der Waals surface area contributed by atoms with Gasteiger partial charge in [-0.3, -0.25) is 9.48 Å². The number of aromatic nitrogens is 3. The third kappa shape index (κ3) is 2.70. The van der Waals surface area contributed by atoms with Crippen molar-refractivity contribution in [3.05, 3.63) is 12.4 Å². The van der Waals surface area contributed by atoms with Gasteiger partial charge in [0.05, 0.1) is 12.7 Å². The van der Waals surface area contributed by atoms with Crippen molar-refractivity contribution in [2.45, 2.75) is 19.1 Å². The van der Waals surface area contributed by atoms with Crippen molar-refractivity contribution in [1.82, 2.24) is 25.6 Å². The normalized spacial score (nSPS) is 23.5. The van der Waals surface area contributed by atoms with Crippen molar-refractivity contribution >= 4 is 5.91 Å². The van der Waals surface area contributed by atoms with E-state index in [1.807, 2.05) is 0 Å². The third-order valence-electron chi connectivity index (χ3n) is 3.23. The van der Waals surface area contributed by atoms with E-state index in [4.69, 9.17) is 0 Å². The second kappa shape index (κ2) is 5.16. The van der Waals surface area contributed by atoms with Gasteiger partial charge in [-0.2, -0.15) is 13.2 Å². The quantitative estimate of drug-likeness (QED) is 0.808. The second-order valence-electron chi connectivity index (χ2n) is 4.43. The minimum absolute atomic E-state index is 0.0834. The molecule has 6 nitrogen and oxygen atoms in total. The first-order valence-corrected chi connectivity index (χ1v) is 5.85. The number of hydrogen-bond acceptors (Lipinski definition) is 4. The number of rotatable bonds is 4. The van der Waals surface area contributed by atoms with Crippen LogP contribution in [0.15, 0.2) is 12.4 Å². The third-order valence-corrected chi connectivity index (χ3v) is 3.23. The minimum atomic E-state index is -4.55. The SMILES string of the molecule is O=C(NCCn1ccnn1)C1(C(F)(F)F)CCNC1. The Bertz CT molecular complexity index is 425. The van der Waals surface area contributed by atoms with E-state index in [2.05, 4.69) is 20.9 Å². The molecule has 0 bridgehead atoms. The van der Waals surface area contributed by atoms with Gasteiger partial charge in [0, 0.05) is 19.3 Å². The first kappa shape index (κ1) is 13.8. The van der Waals surface area contributed by atoms with Crippen LogP contribution in [0.3, 0.4) is 0 Å². The van der Waals surface area contributed by atoms with Gasteiger partial charge in [-0.1, -0.05) is 5.21 Å². The first-order chi connectivity index (χ1) is 8.96. The standard InChI is InChI=1S/C10H14F3N5O/c11-10(12,13)9(1-2-14-7-9)8(19)15-3-5-18-6-4-16-17-18/h4,6,14H,1-3,5,7H2,(H,15,19). The van der Waals surface area contributed by atoms with Crippen molar-refractivity contribution in [3.8, 4) is 0 Å². The molecule has 2 rings (SSSR count). The average molecular weight is 277 g/mol. The Morgan fingerprint density at radius 3 is 2.84 bits per heavy atom. The van der Waals surface area contributed by atoms with Crippen molar-refractivity contribution in [1.29, 1.82) is 0 Å². The molecular formula is C10H14F3N5O. The van der Waals surface area contributed by atoms with Crippen molar-refractivity contribution in [2.75, 3.05) is 19.6 Å². The van der Waals surface area contributed by atoms with Crippen LogP contribution in [0.1, 0.15) is 6.42 Å². The van der Waals surface area contributed by atoms with E-state index < -0.39 is 17.5 Å². The lowest BCUT2D eigenvalue weighted by Crippen LogP contribution is -2.52. The molecule has 1 aliphatic rings. The number of alkyl halides is 3. The van der Waals surface area contributed by atoms with E-state index in [1.165, 1.54) is 10.9 Å². The largest absolute Gasteiger partial charge is 0.404 e. The smallest absolute Gasteiger partial charge is 0.353 e. The van der Waals surface area contributed by atoms with Crippen molar-refractivity contribution in [2.24, 2.45) is 5.41 Å². The summed E-state index contributed by atoms with van der Waals surface area (Å²) < 4.78 is 40.6. The lowest BCUT2D eigenvalue weighted by Gasteiger charge is -2.29. The highest BCUT2D eigenvalue weighted by molar-refractivity contribution is 5.84. The average Bonchev–Trinajstić information content (AvgIpc) is 2.99. The van der Waals surface area contributed by atoms with Crippen LogP contribution in [-0.2, 0) is 11.3 Å². The van der Waals surface area contributed by atoms with Crippen molar-refractivity contribution in [3.63, 3.8) is 0 Å². The molecular weight excluding hydrogens is 263 g/mol. The zero-order valence-electron chi connectivity index (χ0n) is 10.1. The molecule has 1 aliphatic heterocycles. The molecule has 1 unspecified atom stereocenters. The van der Waals surface area contributed by atoms with Gasteiger partial charge in [0.25, 0.3) is 0 Å². The molecule has 0 radical (unpaired) electrons. The van der Waals surface area contributed by atoms with Gasteiger partial charge >= 0.3 is 6.18 Å². The van der Waals surface area contributed by atoms with E-state index in [-0.39, 0.29) is 32.6 Å². The number of hydrogen-bond donors (Lipinski definition) is 2. The first-order valence-electron chi connectivity index (χ1n) is 5.85. The predicted molar refractivity (Wildman–Crippen MR) is 59.0 cm³/mol. The van der Waals surface area contributed by atoms with Crippen LogP contribution >= 0.6 is 0 Å². The summed E-state index contributed by atoms with van der Waals surface area (Å²) >= 11 is 0. The van der Waals surface area contributed by atoms with Gasteiger partial charge in [0.2, 0.25) is 5.91 Å². The number of amides is 1. The summed E-state index contributed by atoms with van der Waals surface area (Å²) in [5.41, 5.74) is -2.31. The van der Waals surface area contributed by atoms with Crippen molar-refractivity contribution < 1.29 is 18.0 Å². The van der Waals surface area contributed by atoms with Crippen LogP contribution < -0.4 is 10.6 Å². The zero-order chi connectivity index (χ0) is 13.9. The maximum Gasteiger partial charge on any atom is 0.404 e. The fourth-order valence-electron chi connectivity index (χ4n) is 2.06. The van der Waals surface area contributed by atoms with Gasteiger partial charge in [-0.05, 0) is 13.0 Å². The summed E-state index contributed by atoms with van der Waals surface area (Å²) in [6.45, 7) is 0.189. The van der Waals surface area contributed by atoms with E-state index in [0.717, 1.165) is 0 Å². The molecule has 1 saturated heterocycles. The highest BCUT2D eigenvalue weighted by Gasteiger charge is 2.61. The Hall–Kier alpha value is -1.64. The predicted octanol–water partition coefficient (Wildman–Crippen LogP) is -0.0637. The summed E-state index contributed by atoms with van der Waals surface area (Å²) in [5.74, 6) is -0.981. The van der Waals surface area contributed by atoms with E-state index in [0.29, 0.717) is 0 Å². The number of halogens is 3. The molecule has 1 aromatic rings. The molecule has 106 valence electrons. The Kier molecular flexibility index (Phi) is 3.74. The highest BCUT2D eigenvalue weighted by Crippen LogP contribution is 2.43. The van der Waals surface area contributed by atoms with Crippen LogP contribution in [0.25, 0.3) is 0 Å². The van der Waals surface area contributed by atoms with Crippen LogP contribution in [0.4, 0.5) is 13.2 Å². The maximum atomic E-state index is 13.0. The molecule has 19 heavy (non-hydrogen) atoms. The lowest BCUT2D eigenvalue weighted by atomic mass is 9.85. The summed E-state index contributed by atoms with van der Waals surface area (Å²) in [5, 5.41) is 12.1. The molecule has 0 spiro atoms. The summed E-state index contributed by atoms with van der Waals surface area (Å²) in [7, 11) is 0. The number of nitrogens with one attached hydrogen (secondary N) is 2. The molecule has 1 aromatic heterocycles. The topological polar surface area (TPSA) is 71.8 Å². The summed E-state index contributed by atoms with van der Waals surface area (Å²) in [6.07, 6.45) is -1.75. The Morgan fingerprint density at radius 2 is 2.32 bits per heavy atom. The van der Waals surface area contributed by atoms with Crippen LogP contribution in [0.5, 0.6) is 0 Å². The molecule has 2 N–H and O–H groups in total. The van der Waals surface area contributed by atoms with Gasteiger partial charge in [-0.15, -0.1) is 5.10 Å². The number of carbonyl (C=O) groups excluding carboxylic acids is 1. The molecule has 0 saturated carbocycles. The van der Waals surface area contributed by atoms with E-state index >= 15 is 0 Å². The lowest BCUT2D eigenvalue weighted by molar-refractivity contribution is -0.216. The highest BCUT2D eigenvalue weighted by atomic mass is 19.4. The fourth-order valence-corrected chi connectivity index (χ4v) is 2.06. The van der Waals surface area contributed by atoms with Gasteiger partial charge < -0.3 is 10.6 Å². The summed E-state index contributed by atoms with van der Waals surface area (Å²) in [4.78, 5) is 11.8. The molecule has 1 fully saturated rings.